The van der Waals surface area contributed by atoms with E-state index in [9.17, 15) is 23.3 Å². The van der Waals surface area contributed by atoms with Gasteiger partial charge in [-0.15, -0.1) is 11.8 Å². The Morgan fingerprint density at radius 1 is 0.873 bits per heavy atom. The Morgan fingerprint density at radius 3 is 2.31 bits per heavy atom. The van der Waals surface area contributed by atoms with Crippen LogP contribution in [0.2, 0.25) is 5.02 Å². The minimum atomic E-state index is -4.15. The minimum absolute atomic E-state index is 0.0157. The number of piperazine rings is 1. The first-order valence-electron chi connectivity index (χ1n) is 24.2. The van der Waals surface area contributed by atoms with Crippen molar-refractivity contribution in [2.45, 2.75) is 53.9 Å². The molecule has 0 aliphatic carbocycles. The molecule has 2 N–H and O–H groups in total. The van der Waals surface area contributed by atoms with Crippen LogP contribution in [-0.2, 0) is 10.0 Å². The summed E-state index contributed by atoms with van der Waals surface area (Å²) in [4.78, 5) is 45.2. The number of ketones is 1. The van der Waals surface area contributed by atoms with Gasteiger partial charge in [0, 0.05) is 96.0 Å². The summed E-state index contributed by atoms with van der Waals surface area (Å²) in [5.41, 5.74) is 5.90. The second-order valence-electron chi connectivity index (χ2n) is 18.7. The number of hydrogen-bond acceptors (Lipinski definition) is 13. The topological polar surface area (TPSA) is 157 Å². The van der Waals surface area contributed by atoms with Gasteiger partial charge in [-0.2, -0.15) is 0 Å². The van der Waals surface area contributed by atoms with Gasteiger partial charge in [-0.3, -0.25) is 24.6 Å². The number of nitrogens with zero attached hydrogens (tertiary/aromatic N) is 7. The van der Waals surface area contributed by atoms with Gasteiger partial charge in [0.2, 0.25) is 0 Å². The van der Waals surface area contributed by atoms with Crippen molar-refractivity contribution in [1.82, 2.24) is 24.7 Å². The Hall–Kier alpha value is -5.88. The van der Waals surface area contributed by atoms with Crippen LogP contribution in [-0.4, -0.2) is 129 Å². The summed E-state index contributed by atoms with van der Waals surface area (Å²) in [5.74, 6) is 0.913. The summed E-state index contributed by atoms with van der Waals surface area (Å²) >= 11 is 7.92. The fraction of sp³-hybridized carbons (Fsp3) is 0.352. The number of carbonyl (C=O) groups excluding carboxylic acids is 1. The predicted molar refractivity (Wildman–Crippen MR) is 288 cm³/mol. The van der Waals surface area contributed by atoms with Gasteiger partial charge in [0.1, 0.15) is 11.4 Å². The first-order valence-corrected chi connectivity index (χ1v) is 27.1. The molecular formula is C54H62ClN9O5S2. The third kappa shape index (κ3) is 14.0. The van der Waals surface area contributed by atoms with E-state index in [-0.39, 0.29) is 34.0 Å². The molecule has 2 fully saturated rings. The number of thioether (sulfide) groups is 1. The highest BCUT2D eigenvalue weighted by atomic mass is 35.5. The Morgan fingerprint density at radius 2 is 1.61 bits per heavy atom. The fourth-order valence-corrected chi connectivity index (χ4v) is 11.3. The summed E-state index contributed by atoms with van der Waals surface area (Å²) in [6, 6.07) is 37.0. The van der Waals surface area contributed by atoms with Crippen LogP contribution in [0.15, 0.2) is 137 Å². The van der Waals surface area contributed by atoms with Gasteiger partial charge in [0.05, 0.1) is 27.4 Å². The molecule has 1 aromatic heterocycles. The number of anilines is 3. The Balaban J connectivity index is 0.902. The van der Waals surface area contributed by atoms with Crippen molar-refractivity contribution in [2.75, 3.05) is 94.2 Å². The van der Waals surface area contributed by atoms with Crippen LogP contribution < -0.4 is 14.9 Å². The minimum Gasteiger partial charge on any atom is -0.376 e. The zero-order valence-corrected chi connectivity index (χ0v) is 42.9. The lowest BCUT2D eigenvalue weighted by Crippen LogP contribution is -2.44. The number of Topliss-reactive ketones (excluding diaryl/α,β-unsaturated/α-hetero) is 1. The molecule has 17 heteroatoms. The van der Waals surface area contributed by atoms with E-state index in [0.29, 0.717) is 40.0 Å². The zero-order chi connectivity index (χ0) is 49.9. The number of sulfonamides is 1. The van der Waals surface area contributed by atoms with Gasteiger partial charge in [-0.25, -0.2) is 13.4 Å². The van der Waals surface area contributed by atoms with Crippen LogP contribution in [0, 0.1) is 10.1 Å². The summed E-state index contributed by atoms with van der Waals surface area (Å²) in [6.07, 6.45) is 5.27. The highest BCUT2D eigenvalue weighted by molar-refractivity contribution is 7.99. The predicted octanol–water partition coefficient (Wildman–Crippen LogP) is 10.3. The first-order chi connectivity index (χ1) is 34.3. The Labute approximate surface area is 427 Å². The van der Waals surface area contributed by atoms with Gasteiger partial charge < -0.3 is 24.9 Å². The Kier molecular flexibility index (Phi) is 17.4. The van der Waals surface area contributed by atoms with Crippen molar-refractivity contribution >= 4 is 61.9 Å². The summed E-state index contributed by atoms with van der Waals surface area (Å²) in [6.45, 7) is 7.37. The van der Waals surface area contributed by atoms with Crippen LogP contribution in [0.3, 0.4) is 0 Å². The lowest BCUT2D eigenvalue weighted by molar-refractivity contribution is -0.384. The quantitative estimate of drug-likeness (QED) is 0.0304. The number of piperidine rings is 1. The number of aromatic nitrogens is 2. The van der Waals surface area contributed by atoms with Gasteiger partial charge in [0.25, 0.3) is 15.7 Å². The summed E-state index contributed by atoms with van der Waals surface area (Å²) < 4.78 is 30.0. The van der Waals surface area contributed by atoms with E-state index in [1.54, 1.807) is 30.1 Å². The summed E-state index contributed by atoms with van der Waals surface area (Å²) in [7, 11) is 1.95. The first kappa shape index (κ1) is 51.5. The second kappa shape index (κ2) is 24.0. The van der Waals surface area contributed by atoms with Crippen LogP contribution in [0.4, 0.5) is 22.7 Å². The maximum Gasteiger partial charge on any atom is 0.293 e. The van der Waals surface area contributed by atoms with Crippen molar-refractivity contribution in [2.24, 2.45) is 0 Å². The van der Waals surface area contributed by atoms with E-state index in [0.717, 1.165) is 111 Å². The van der Waals surface area contributed by atoms with Crippen LogP contribution in [0.25, 0.3) is 22.5 Å². The fourth-order valence-electron chi connectivity index (χ4n) is 9.06. The summed E-state index contributed by atoms with van der Waals surface area (Å²) in [5, 5.41) is 16.3. The Bertz CT molecular complexity index is 2860. The average Bonchev–Trinajstić information content (AvgIpc) is 3.38. The van der Waals surface area contributed by atoms with Gasteiger partial charge in [-0.05, 0) is 132 Å². The van der Waals surface area contributed by atoms with Gasteiger partial charge >= 0.3 is 0 Å². The molecule has 1 atom stereocenters. The number of rotatable bonds is 21. The van der Waals surface area contributed by atoms with E-state index < -0.39 is 14.9 Å². The number of nitro groups is 1. The molecule has 2 aliphatic rings. The van der Waals surface area contributed by atoms with Crippen molar-refractivity contribution in [3.8, 4) is 22.5 Å². The van der Waals surface area contributed by atoms with Crippen LogP contribution >= 0.6 is 23.4 Å². The zero-order valence-electron chi connectivity index (χ0n) is 40.5. The number of likely N-dealkylation sites (N-methyl/N-ethyl adjacent to an activating group) is 1. The largest absolute Gasteiger partial charge is 0.376 e. The van der Waals surface area contributed by atoms with Crippen molar-refractivity contribution in [3.05, 3.63) is 154 Å². The number of carbonyl (C=O) groups is 1. The molecule has 2 saturated heterocycles. The maximum atomic E-state index is 13.7. The molecule has 14 nitrogen and oxygen atoms in total. The van der Waals surface area contributed by atoms with Crippen molar-refractivity contribution in [3.63, 3.8) is 0 Å². The lowest BCUT2D eigenvalue weighted by atomic mass is 9.89. The van der Waals surface area contributed by atoms with E-state index in [1.807, 2.05) is 93.0 Å². The number of nitro benzene ring substituents is 1. The number of benzene rings is 5. The molecule has 0 bridgehead atoms. The normalized spacial score (nSPS) is 15.4. The molecule has 2 aliphatic heterocycles. The highest BCUT2D eigenvalue weighted by Gasteiger charge is 2.26. The maximum absolute atomic E-state index is 13.7. The van der Waals surface area contributed by atoms with Crippen molar-refractivity contribution in [1.29, 1.82) is 0 Å². The molecule has 6 aromatic rings. The third-order valence-corrected chi connectivity index (χ3v) is 16.0. The van der Waals surface area contributed by atoms with E-state index >= 15 is 0 Å². The average molecular weight is 1020 g/mol. The number of nitrogens with one attached hydrogen (secondary N) is 2. The van der Waals surface area contributed by atoms with E-state index in [2.05, 4.69) is 48.8 Å². The molecule has 0 saturated carbocycles. The van der Waals surface area contributed by atoms with Gasteiger partial charge in [-0.1, -0.05) is 66.2 Å². The number of hydrogen-bond donors (Lipinski definition) is 2. The van der Waals surface area contributed by atoms with E-state index in [4.69, 9.17) is 21.6 Å². The molecule has 8 rings (SSSR count). The van der Waals surface area contributed by atoms with Crippen molar-refractivity contribution < 1.29 is 18.1 Å². The van der Waals surface area contributed by atoms with Gasteiger partial charge in [0.15, 0.2) is 5.78 Å². The molecule has 71 heavy (non-hydrogen) atoms. The lowest BCUT2D eigenvalue weighted by Gasteiger charge is -2.34. The molecule has 0 amide bonds. The highest BCUT2D eigenvalue weighted by Crippen LogP contribution is 2.36. The molecule has 3 heterocycles. The SMILES string of the molecule is CN(C)CC[C@H](CSc1ccccc1)Nc1ccc(S(=O)(=O)Nc2ccc(C3CCN(c4cccc(-c5nc(C(=O)CCCN6CCN(C)CC6)cnc5-c5ccc(Cl)cc5)c4)CC3)cc2)cc1[N+](=O)[O-]. The molecular weight excluding hydrogens is 954 g/mol. The molecule has 5 aromatic carbocycles. The van der Waals surface area contributed by atoms with E-state index in [1.165, 1.54) is 12.1 Å². The smallest absolute Gasteiger partial charge is 0.293 e. The molecule has 0 unspecified atom stereocenters. The monoisotopic (exact) mass is 1020 g/mol. The third-order valence-electron chi connectivity index (χ3n) is 13.2. The second-order valence-corrected chi connectivity index (χ2v) is 21.9. The molecule has 0 radical (unpaired) electrons. The standard InChI is InChI=1S/C54H62ClN9O5S2/c1-60(2)28-26-45(38-70-47-11-5-4-6-12-47)57-49-23-22-48(36-51(49)64(66)67)71(68,69)59-44-20-16-39(17-21-44)40-24-29-63(30-25-40)46-10-7-9-42(35-46)54-53(41-14-18-43(55)19-15-41)56-37-50(58-54)52(65)13-8-27-62-33-31-61(3)32-34-62/h4-7,9-12,14-23,35-37,40,45,57,59H,8,13,24-34,38H2,1-3H3/t45-/m1/s1. The molecule has 0 spiro atoms. The van der Waals surface area contributed by atoms with Crippen LogP contribution in [0.1, 0.15) is 54.1 Å². The number of halogens is 1. The van der Waals surface area contributed by atoms with Crippen LogP contribution in [0.5, 0.6) is 0 Å². The molecule has 372 valence electrons.